The number of aryl methyl sites for hydroxylation is 1. The smallest absolute Gasteiger partial charge is 0.264 e. The molecule has 10 nitrogen and oxygen atoms in total. The van der Waals surface area contributed by atoms with Crippen LogP contribution in [-0.4, -0.2) is 29.7 Å². The quantitative estimate of drug-likeness (QED) is 0.497. The highest BCUT2D eigenvalue weighted by Crippen LogP contribution is 2.37. The summed E-state index contributed by atoms with van der Waals surface area (Å²) in [7, 11) is 0. The SMILES string of the molecule is Cc1nnc(-c2c(N)ncnc2N[C@@H](C)c2nc3cccc(F)c3c(=O)n2C2CC2)o1. The normalized spacial score (nSPS) is 14.7. The van der Waals surface area contributed by atoms with Gasteiger partial charge in [-0.3, -0.25) is 9.36 Å². The van der Waals surface area contributed by atoms with Crippen molar-refractivity contribution in [3.05, 3.63) is 52.4 Å². The average molecular weight is 422 g/mol. The maximum atomic E-state index is 14.4. The number of rotatable bonds is 5. The minimum atomic E-state index is -0.575. The van der Waals surface area contributed by atoms with Gasteiger partial charge in [-0.25, -0.2) is 19.3 Å². The number of aromatic nitrogens is 6. The molecule has 0 bridgehead atoms. The largest absolute Gasteiger partial charge is 0.421 e. The van der Waals surface area contributed by atoms with E-state index in [1.54, 1.807) is 17.6 Å². The van der Waals surface area contributed by atoms with Crippen LogP contribution >= 0.6 is 0 Å². The first-order chi connectivity index (χ1) is 14.9. The zero-order chi connectivity index (χ0) is 21.7. The second-order valence-electron chi connectivity index (χ2n) is 7.49. The Labute approximate surface area is 175 Å². The van der Waals surface area contributed by atoms with E-state index in [0.717, 1.165) is 12.8 Å². The second-order valence-corrected chi connectivity index (χ2v) is 7.49. The summed E-state index contributed by atoms with van der Waals surface area (Å²) in [5.41, 5.74) is 6.33. The fraction of sp³-hybridized carbons (Fsp3) is 0.300. The lowest BCUT2D eigenvalue weighted by Crippen LogP contribution is -2.28. The molecule has 3 N–H and O–H groups in total. The molecule has 1 aliphatic carbocycles. The Morgan fingerprint density at radius 2 is 2.10 bits per heavy atom. The third-order valence-corrected chi connectivity index (χ3v) is 5.18. The van der Waals surface area contributed by atoms with Gasteiger partial charge in [0.25, 0.3) is 11.4 Å². The first-order valence-electron chi connectivity index (χ1n) is 9.82. The highest BCUT2D eigenvalue weighted by molar-refractivity contribution is 5.79. The summed E-state index contributed by atoms with van der Waals surface area (Å²) in [6.07, 6.45) is 3.00. The number of benzene rings is 1. The van der Waals surface area contributed by atoms with Crippen LogP contribution in [0.25, 0.3) is 22.4 Å². The molecule has 1 fully saturated rings. The van der Waals surface area contributed by atoms with Crippen molar-refractivity contribution in [3.63, 3.8) is 0 Å². The van der Waals surface area contributed by atoms with Crippen LogP contribution in [0, 0.1) is 12.7 Å². The summed E-state index contributed by atoms with van der Waals surface area (Å²) in [5.74, 6) is 0.988. The summed E-state index contributed by atoms with van der Waals surface area (Å²) >= 11 is 0. The number of anilines is 2. The fourth-order valence-corrected chi connectivity index (χ4v) is 3.60. The fourth-order valence-electron chi connectivity index (χ4n) is 3.60. The topological polar surface area (TPSA) is 138 Å². The van der Waals surface area contributed by atoms with Gasteiger partial charge in [-0.05, 0) is 31.9 Å². The summed E-state index contributed by atoms with van der Waals surface area (Å²) in [4.78, 5) is 26.0. The molecule has 0 unspecified atom stereocenters. The van der Waals surface area contributed by atoms with Crippen LogP contribution in [0.2, 0.25) is 0 Å². The zero-order valence-electron chi connectivity index (χ0n) is 16.8. The lowest BCUT2D eigenvalue weighted by Gasteiger charge is -2.20. The predicted molar refractivity (Wildman–Crippen MR) is 111 cm³/mol. The van der Waals surface area contributed by atoms with Crippen molar-refractivity contribution in [3.8, 4) is 11.5 Å². The minimum Gasteiger partial charge on any atom is -0.421 e. The second kappa shape index (κ2) is 7.11. The van der Waals surface area contributed by atoms with E-state index in [9.17, 15) is 9.18 Å². The summed E-state index contributed by atoms with van der Waals surface area (Å²) in [6, 6.07) is 3.97. The van der Waals surface area contributed by atoms with Gasteiger partial charge in [0.15, 0.2) is 0 Å². The van der Waals surface area contributed by atoms with Crippen LogP contribution in [0.4, 0.5) is 16.0 Å². The molecule has 158 valence electrons. The first-order valence-corrected chi connectivity index (χ1v) is 9.82. The lowest BCUT2D eigenvalue weighted by molar-refractivity contribution is 0.532. The van der Waals surface area contributed by atoms with Crippen LogP contribution in [-0.2, 0) is 0 Å². The van der Waals surface area contributed by atoms with Crippen LogP contribution in [0.3, 0.4) is 0 Å². The van der Waals surface area contributed by atoms with Crippen molar-refractivity contribution in [2.45, 2.75) is 38.8 Å². The Bertz CT molecular complexity index is 1360. The molecule has 4 aromatic rings. The molecule has 11 heteroatoms. The molecule has 3 heterocycles. The van der Waals surface area contributed by atoms with Gasteiger partial charge in [0.05, 0.1) is 11.6 Å². The molecule has 0 spiro atoms. The molecule has 0 aliphatic heterocycles. The van der Waals surface area contributed by atoms with E-state index in [0.29, 0.717) is 28.6 Å². The van der Waals surface area contributed by atoms with E-state index in [-0.39, 0.29) is 28.7 Å². The number of hydrogen-bond donors (Lipinski definition) is 2. The van der Waals surface area contributed by atoms with Gasteiger partial charge >= 0.3 is 0 Å². The number of hydrogen-bond acceptors (Lipinski definition) is 9. The molecule has 0 radical (unpaired) electrons. The van der Waals surface area contributed by atoms with E-state index < -0.39 is 11.9 Å². The Balaban J connectivity index is 1.61. The van der Waals surface area contributed by atoms with Crippen LogP contribution in [0.15, 0.2) is 33.7 Å². The maximum absolute atomic E-state index is 14.4. The van der Waals surface area contributed by atoms with Crippen LogP contribution < -0.4 is 16.6 Å². The molecule has 1 atom stereocenters. The van der Waals surface area contributed by atoms with E-state index in [2.05, 4.69) is 30.5 Å². The van der Waals surface area contributed by atoms with E-state index >= 15 is 0 Å². The van der Waals surface area contributed by atoms with E-state index in [1.807, 2.05) is 6.92 Å². The lowest BCUT2D eigenvalue weighted by atomic mass is 10.2. The van der Waals surface area contributed by atoms with Crippen molar-refractivity contribution in [2.24, 2.45) is 0 Å². The predicted octanol–water partition coefficient (Wildman–Crippen LogP) is 2.77. The molecule has 1 saturated carbocycles. The number of nitrogens with zero attached hydrogens (tertiary/aromatic N) is 6. The van der Waals surface area contributed by atoms with Gasteiger partial charge in [0.2, 0.25) is 5.89 Å². The standard InChI is InChI=1S/C20H19FN8O2/c1-9(25-17-15(16(22)23-8-24-17)19-28-27-10(2)31-19)18-26-13-5-3-4-12(21)14(13)20(30)29(18)11-6-7-11/h3-5,8-9,11H,6-7H2,1-2H3,(H3,22,23,24,25)/t9-/m0/s1. The summed E-state index contributed by atoms with van der Waals surface area (Å²) in [5, 5.41) is 11.1. The van der Waals surface area contributed by atoms with Gasteiger partial charge in [0.1, 0.15) is 40.6 Å². The summed E-state index contributed by atoms with van der Waals surface area (Å²) < 4.78 is 21.4. The average Bonchev–Trinajstić information content (AvgIpc) is 3.48. The van der Waals surface area contributed by atoms with Gasteiger partial charge < -0.3 is 15.5 Å². The highest BCUT2D eigenvalue weighted by atomic mass is 19.1. The molecular formula is C20H19FN8O2. The van der Waals surface area contributed by atoms with Crippen LogP contribution in [0.1, 0.15) is 43.6 Å². The molecule has 0 saturated heterocycles. The van der Waals surface area contributed by atoms with Crippen molar-refractivity contribution in [1.82, 2.24) is 29.7 Å². The Hall–Kier alpha value is -3.89. The molecule has 1 aliphatic rings. The first kappa shape index (κ1) is 19.1. The Morgan fingerprint density at radius 1 is 1.29 bits per heavy atom. The number of nitrogens with two attached hydrogens (primary N) is 1. The number of nitrogen functional groups attached to an aromatic ring is 1. The van der Waals surface area contributed by atoms with E-state index in [4.69, 9.17) is 10.2 Å². The minimum absolute atomic E-state index is 0.00125. The Morgan fingerprint density at radius 3 is 2.81 bits per heavy atom. The van der Waals surface area contributed by atoms with Crippen molar-refractivity contribution in [1.29, 1.82) is 0 Å². The molecular weight excluding hydrogens is 403 g/mol. The van der Waals surface area contributed by atoms with Crippen molar-refractivity contribution >= 4 is 22.5 Å². The zero-order valence-corrected chi connectivity index (χ0v) is 16.8. The summed E-state index contributed by atoms with van der Waals surface area (Å²) in [6.45, 7) is 3.51. The number of fused-ring (bicyclic) bond motifs is 1. The third kappa shape index (κ3) is 3.27. The van der Waals surface area contributed by atoms with Gasteiger partial charge in [-0.2, -0.15) is 0 Å². The Kier molecular flexibility index (Phi) is 4.38. The number of halogens is 1. The van der Waals surface area contributed by atoms with Gasteiger partial charge in [-0.15, -0.1) is 10.2 Å². The van der Waals surface area contributed by atoms with Crippen molar-refractivity contribution < 1.29 is 8.81 Å². The third-order valence-electron chi connectivity index (χ3n) is 5.18. The molecule has 31 heavy (non-hydrogen) atoms. The molecule has 5 rings (SSSR count). The van der Waals surface area contributed by atoms with E-state index in [1.165, 1.54) is 18.5 Å². The molecule has 3 aromatic heterocycles. The maximum Gasteiger partial charge on any atom is 0.264 e. The van der Waals surface area contributed by atoms with Gasteiger partial charge in [-0.1, -0.05) is 6.07 Å². The van der Waals surface area contributed by atoms with Gasteiger partial charge in [0, 0.05) is 13.0 Å². The van der Waals surface area contributed by atoms with Crippen molar-refractivity contribution in [2.75, 3.05) is 11.1 Å². The highest BCUT2D eigenvalue weighted by Gasteiger charge is 2.31. The monoisotopic (exact) mass is 422 g/mol. The number of nitrogens with one attached hydrogen (secondary N) is 1. The van der Waals surface area contributed by atoms with Crippen LogP contribution in [0.5, 0.6) is 0 Å². The molecule has 1 aromatic carbocycles. The molecule has 0 amide bonds.